The monoisotopic (exact) mass is 406 g/mol. The zero-order chi connectivity index (χ0) is 20.0. The summed E-state index contributed by atoms with van der Waals surface area (Å²) in [5, 5.41) is 2.80. The van der Waals surface area contributed by atoms with Crippen molar-refractivity contribution in [3.63, 3.8) is 0 Å². The lowest BCUT2D eigenvalue weighted by atomic mass is 10.2. The van der Waals surface area contributed by atoms with Crippen molar-refractivity contribution in [3.8, 4) is 17.2 Å². The van der Waals surface area contributed by atoms with E-state index in [9.17, 15) is 8.42 Å². The Bertz CT molecular complexity index is 868. The van der Waals surface area contributed by atoms with Gasteiger partial charge in [-0.3, -0.25) is 4.72 Å². The predicted molar refractivity (Wildman–Crippen MR) is 109 cm³/mol. The first-order valence-electron chi connectivity index (χ1n) is 9.28. The molecule has 8 heteroatoms. The maximum atomic E-state index is 11.9. The van der Waals surface area contributed by atoms with E-state index >= 15 is 0 Å². The van der Waals surface area contributed by atoms with Crippen LogP contribution < -0.4 is 24.2 Å². The molecule has 2 N–H and O–H groups in total. The molecule has 0 bridgehead atoms. The van der Waals surface area contributed by atoms with E-state index in [-0.39, 0.29) is 6.10 Å². The van der Waals surface area contributed by atoms with Crippen LogP contribution in [0.25, 0.3) is 0 Å². The molecule has 0 aromatic heterocycles. The molecule has 0 saturated heterocycles. The molecule has 1 aliphatic heterocycles. The molecule has 0 spiro atoms. The summed E-state index contributed by atoms with van der Waals surface area (Å²) in [6.07, 6.45) is -0.0387. The van der Waals surface area contributed by atoms with Gasteiger partial charge in [0, 0.05) is 18.8 Å². The van der Waals surface area contributed by atoms with Crippen LogP contribution in [0.15, 0.2) is 48.5 Å². The summed E-state index contributed by atoms with van der Waals surface area (Å²) >= 11 is 0. The van der Waals surface area contributed by atoms with Crippen molar-refractivity contribution >= 4 is 15.7 Å². The van der Waals surface area contributed by atoms with E-state index in [2.05, 4.69) is 10.0 Å². The Labute approximate surface area is 166 Å². The summed E-state index contributed by atoms with van der Waals surface area (Å²) in [5.41, 5.74) is 0.522. The second-order valence-electron chi connectivity index (χ2n) is 6.77. The molecule has 0 saturated carbocycles. The maximum absolute atomic E-state index is 11.9. The normalized spacial score (nSPS) is 16.0. The summed E-state index contributed by atoms with van der Waals surface area (Å²) < 4.78 is 43.5. The van der Waals surface area contributed by atoms with Crippen molar-refractivity contribution in [3.05, 3.63) is 48.5 Å². The minimum absolute atomic E-state index is 0.0387. The van der Waals surface area contributed by atoms with E-state index in [0.29, 0.717) is 37.7 Å². The molecule has 28 heavy (non-hydrogen) atoms. The molecule has 0 aliphatic carbocycles. The van der Waals surface area contributed by atoms with Gasteiger partial charge < -0.3 is 19.5 Å². The van der Waals surface area contributed by atoms with Crippen molar-refractivity contribution in [2.24, 2.45) is 0 Å². The van der Waals surface area contributed by atoms with Crippen molar-refractivity contribution < 1.29 is 22.6 Å². The second kappa shape index (κ2) is 9.16. The highest BCUT2D eigenvalue weighted by Crippen LogP contribution is 2.30. The zero-order valence-electron chi connectivity index (χ0n) is 16.1. The molecular formula is C20H26N2O5S. The number of ether oxygens (including phenoxy) is 3. The van der Waals surface area contributed by atoms with Crippen LogP contribution >= 0.6 is 0 Å². The highest BCUT2D eigenvalue weighted by atomic mass is 32.2. The van der Waals surface area contributed by atoms with Crippen LogP contribution in [0.2, 0.25) is 0 Å². The largest absolute Gasteiger partial charge is 0.492 e. The minimum atomic E-state index is -3.34. The van der Waals surface area contributed by atoms with Crippen molar-refractivity contribution in [1.82, 2.24) is 5.32 Å². The van der Waals surface area contributed by atoms with Gasteiger partial charge in [0.05, 0.1) is 5.25 Å². The molecule has 0 fully saturated rings. The number of hydrogen-bond donors (Lipinski definition) is 2. The average Bonchev–Trinajstić information content (AvgIpc) is 2.68. The molecular weight excluding hydrogens is 380 g/mol. The van der Waals surface area contributed by atoms with Gasteiger partial charge in [0.25, 0.3) is 0 Å². The Morgan fingerprint density at radius 1 is 1.11 bits per heavy atom. The fourth-order valence-electron chi connectivity index (χ4n) is 2.57. The molecule has 2 aromatic rings. The van der Waals surface area contributed by atoms with Gasteiger partial charge in [-0.2, -0.15) is 0 Å². The molecule has 152 valence electrons. The third-order valence-corrected chi connectivity index (χ3v) is 5.98. The van der Waals surface area contributed by atoms with Crippen LogP contribution in [0.3, 0.4) is 0 Å². The first kappa shape index (κ1) is 20.3. The van der Waals surface area contributed by atoms with Crippen LogP contribution in [-0.2, 0) is 10.0 Å². The lowest BCUT2D eigenvalue weighted by Gasteiger charge is -2.26. The van der Waals surface area contributed by atoms with Gasteiger partial charge >= 0.3 is 0 Å². The highest BCUT2D eigenvalue weighted by Gasteiger charge is 2.20. The number of benzene rings is 2. The number of rotatable bonds is 9. The molecule has 1 unspecified atom stereocenters. The summed E-state index contributed by atoms with van der Waals surface area (Å²) in [4.78, 5) is 0. The Balaban J connectivity index is 1.36. The minimum Gasteiger partial charge on any atom is -0.492 e. The second-order valence-corrected chi connectivity index (χ2v) is 9.01. The number of anilines is 1. The average molecular weight is 407 g/mol. The number of fused-ring (bicyclic) bond motifs is 1. The van der Waals surface area contributed by atoms with Gasteiger partial charge in [-0.25, -0.2) is 8.42 Å². The number of hydrogen-bond acceptors (Lipinski definition) is 6. The van der Waals surface area contributed by atoms with Gasteiger partial charge in [0.2, 0.25) is 10.0 Å². The molecule has 1 heterocycles. The maximum Gasteiger partial charge on any atom is 0.235 e. The number of nitrogens with one attached hydrogen (secondary N) is 2. The van der Waals surface area contributed by atoms with E-state index < -0.39 is 15.3 Å². The van der Waals surface area contributed by atoms with Gasteiger partial charge in [0.1, 0.15) is 25.1 Å². The molecule has 0 amide bonds. The molecule has 2 aromatic carbocycles. The van der Waals surface area contributed by atoms with E-state index in [1.165, 1.54) is 0 Å². The summed E-state index contributed by atoms with van der Waals surface area (Å²) in [5.74, 6) is 2.23. The lowest BCUT2D eigenvalue weighted by molar-refractivity contribution is 0.0897. The van der Waals surface area contributed by atoms with E-state index in [1.807, 2.05) is 24.3 Å². The summed E-state index contributed by atoms with van der Waals surface area (Å²) in [6.45, 7) is 5.59. The summed E-state index contributed by atoms with van der Waals surface area (Å²) in [7, 11) is -3.34. The van der Waals surface area contributed by atoms with E-state index in [1.54, 1.807) is 38.1 Å². The number of sulfonamides is 1. The van der Waals surface area contributed by atoms with Crippen LogP contribution in [0.1, 0.15) is 13.8 Å². The van der Waals surface area contributed by atoms with Gasteiger partial charge in [-0.15, -0.1) is 0 Å². The van der Waals surface area contributed by atoms with Crippen LogP contribution in [-0.4, -0.2) is 46.1 Å². The first-order chi connectivity index (χ1) is 13.4. The Hall–Kier alpha value is -2.45. The smallest absolute Gasteiger partial charge is 0.235 e. The van der Waals surface area contributed by atoms with E-state index in [4.69, 9.17) is 14.2 Å². The predicted octanol–water partition coefficient (Wildman–Crippen LogP) is 2.65. The topological polar surface area (TPSA) is 85.9 Å². The Kier molecular flexibility index (Phi) is 6.64. The van der Waals surface area contributed by atoms with Crippen LogP contribution in [0, 0.1) is 0 Å². The molecule has 7 nitrogen and oxygen atoms in total. The molecule has 0 radical (unpaired) electrons. The Morgan fingerprint density at radius 2 is 1.82 bits per heavy atom. The van der Waals surface area contributed by atoms with Crippen molar-refractivity contribution in [1.29, 1.82) is 0 Å². The Morgan fingerprint density at radius 3 is 2.54 bits per heavy atom. The zero-order valence-corrected chi connectivity index (χ0v) is 16.9. The fourth-order valence-corrected chi connectivity index (χ4v) is 3.27. The van der Waals surface area contributed by atoms with Gasteiger partial charge in [-0.1, -0.05) is 12.1 Å². The first-order valence-corrected chi connectivity index (χ1v) is 10.8. The molecule has 1 aliphatic rings. The van der Waals surface area contributed by atoms with E-state index in [0.717, 1.165) is 11.5 Å². The highest BCUT2D eigenvalue weighted by molar-refractivity contribution is 7.93. The summed E-state index contributed by atoms with van der Waals surface area (Å²) in [6, 6.07) is 14.5. The van der Waals surface area contributed by atoms with Crippen LogP contribution in [0.5, 0.6) is 17.2 Å². The molecule has 1 atom stereocenters. The number of para-hydroxylation sites is 2. The lowest BCUT2D eigenvalue weighted by Crippen LogP contribution is -2.39. The standard InChI is InChI=1S/C20H26N2O5S/c1-15(2)28(23,24)22-16-7-9-17(10-8-16)25-12-11-21-13-18-14-26-19-5-3-4-6-20(19)27-18/h3-10,15,18,21-22H,11-14H2,1-2H3. The van der Waals surface area contributed by atoms with Gasteiger partial charge in [-0.05, 0) is 50.2 Å². The quantitative estimate of drug-likeness (QED) is 0.623. The van der Waals surface area contributed by atoms with Gasteiger partial charge in [0.15, 0.2) is 11.5 Å². The molecule has 3 rings (SSSR count). The SMILES string of the molecule is CC(C)S(=O)(=O)Nc1ccc(OCCNCC2COc3ccccc3O2)cc1. The third-order valence-electron chi connectivity index (χ3n) is 4.22. The van der Waals surface area contributed by atoms with Crippen LogP contribution in [0.4, 0.5) is 5.69 Å². The van der Waals surface area contributed by atoms with Crippen molar-refractivity contribution in [2.75, 3.05) is 31.0 Å². The van der Waals surface area contributed by atoms with Crippen molar-refractivity contribution in [2.45, 2.75) is 25.2 Å². The third kappa shape index (κ3) is 5.53. The fraction of sp³-hybridized carbons (Fsp3) is 0.400.